The van der Waals surface area contributed by atoms with E-state index in [1.807, 2.05) is 39.8 Å². The molecular weight excluding hydrogens is 174 g/mol. The molecule has 1 heterocycles. The largest absolute Gasteiger partial charge is 0.356 e. The molecule has 2 heteroatoms. The minimum atomic E-state index is 0. The molecule has 0 unspecified atom stereocenters. The minimum absolute atomic E-state index is 0. The van der Waals surface area contributed by atoms with Crippen molar-refractivity contribution in [2.24, 2.45) is 0 Å². The predicted octanol–water partition coefficient (Wildman–Crippen LogP) is 4.11. The molecule has 0 aliphatic rings. The molecule has 0 aliphatic carbocycles. The van der Waals surface area contributed by atoms with Crippen LogP contribution >= 0.6 is 0 Å². The van der Waals surface area contributed by atoms with Gasteiger partial charge in [0.25, 0.3) is 0 Å². The summed E-state index contributed by atoms with van der Waals surface area (Å²) in [6, 6.07) is 6.10. The molecule has 0 saturated carbocycles. The van der Waals surface area contributed by atoms with Crippen LogP contribution in [0.2, 0.25) is 0 Å². The maximum atomic E-state index is 5.08. The van der Waals surface area contributed by atoms with Crippen molar-refractivity contribution in [2.45, 2.75) is 35.1 Å². The van der Waals surface area contributed by atoms with Crippen molar-refractivity contribution < 1.29 is 4.52 Å². The molecule has 0 radical (unpaired) electrons. The van der Waals surface area contributed by atoms with E-state index in [0.29, 0.717) is 0 Å². The Kier molecular flexibility index (Phi) is 4.92. The van der Waals surface area contributed by atoms with Crippen LogP contribution in [0.25, 0.3) is 11.0 Å². The van der Waals surface area contributed by atoms with Crippen LogP contribution < -0.4 is 0 Å². The smallest absolute Gasteiger partial charge is 0.167 e. The van der Waals surface area contributed by atoms with E-state index in [-0.39, 0.29) is 7.43 Å². The molecule has 2 rings (SSSR count). The summed E-state index contributed by atoms with van der Waals surface area (Å²) in [6.45, 7) is 7.98. The average molecular weight is 193 g/mol. The van der Waals surface area contributed by atoms with Crippen molar-refractivity contribution in [2.75, 3.05) is 0 Å². The number of benzene rings is 1. The number of hydrogen-bond acceptors (Lipinski definition) is 2. The monoisotopic (exact) mass is 193 g/mol. The lowest BCUT2D eigenvalue weighted by Crippen LogP contribution is -1.71. The highest BCUT2D eigenvalue weighted by atomic mass is 16.5. The molecule has 2 nitrogen and oxygen atoms in total. The summed E-state index contributed by atoms with van der Waals surface area (Å²) in [6.07, 6.45) is 0. The molecule has 78 valence electrons. The van der Waals surface area contributed by atoms with Gasteiger partial charge >= 0.3 is 0 Å². The highest BCUT2D eigenvalue weighted by Crippen LogP contribution is 2.18. The topological polar surface area (TPSA) is 26.0 Å². The Labute approximate surface area is 85.9 Å². The third-order valence-electron chi connectivity index (χ3n) is 1.81. The van der Waals surface area contributed by atoms with Crippen molar-refractivity contribution in [1.29, 1.82) is 0 Å². The van der Waals surface area contributed by atoms with Crippen LogP contribution in [0.1, 0.15) is 32.5 Å². The van der Waals surface area contributed by atoms with Gasteiger partial charge in [0.2, 0.25) is 0 Å². The number of nitrogens with zero attached hydrogens (tertiary/aromatic N) is 1. The molecule has 2 aromatic rings. The van der Waals surface area contributed by atoms with Crippen molar-refractivity contribution in [1.82, 2.24) is 5.16 Å². The van der Waals surface area contributed by atoms with Crippen LogP contribution in [0, 0.1) is 13.8 Å². The first-order valence-corrected chi connectivity index (χ1v) is 4.60. The molecule has 0 bridgehead atoms. The lowest BCUT2D eigenvalue weighted by atomic mass is 10.2. The summed E-state index contributed by atoms with van der Waals surface area (Å²) < 4.78 is 5.08. The maximum Gasteiger partial charge on any atom is 0.167 e. The van der Waals surface area contributed by atoms with Crippen molar-refractivity contribution >= 4 is 11.0 Å². The number of aromatic nitrogens is 1. The van der Waals surface area contributed by atoms with Crippen molar-refractivity contribution in [3.63, 3.8) is 0 Å². The summed E-state index contributed by atoms with van der Waals surface area (Å²) in [7, 11) is 0. The fraction of sp³-hybridized carbons (Fsp3) is 0.417. The first kappa shape index (κ1) is 12.7. The van der Waals surface area contributed by atoms with E-state index in [0.717, 1.165) is 16.7 Å². The summed E-state index contributed by atoms with van der Waals surface area (Å²) in [4.78, 5) is 0. The van der Waals surface area contributed by atoms with Crippen LogP contribution in [0.5, 0.6) is 0 Å². The second kappa shape index (κ2) is 5.43. The van der Waals surface area contributed by atoms with Gasteiger partial charge in [0.05, 0.1) is 5.69 Å². The third kappa shape index (κ3) is 2.34. The third-order valence-corrected chi connectivity index (χ3v) is 1.81. The fourth-order valence-corrected chi connectivity index (χ4v) is 1.17. The van der Waals surface area contributed by atoms with Gasteiger partial charge < -0.3 is 4.52 Å². The number of aryl methyl sites for hydroxylation is 2. The molecular formula is C12H19NO. The van der Waals surface area contributed by atoms with Crippen LogP contribution in [0.15, 0.2) is 22.7 Å². The van der Waals surface area contributed by atoms with Crippen LogP contribution in [-0.4, -0.2) is 5.16 Å². The normalized spacial score (nSPS) is 8.86. The van der Waals surface area contributed by atoms with Gasteiger partial charge in [-0.15, -0.1) is 0 Å². The fourth-order valence-electron chi connectivity index (χ4n) is 1.17. The van der Waals surface area contributed by atoms with Crippen molar-refractivity contribution in [3.8, 4) is 0 Å². The van der Waals surface area contributed by atoms with Gasteiger partial charge in [-0.25, -0.2) is 0 Å². The van der Waals surface area contributed by atoms with Gasteiger partial charge in [-0.1, -0.05) is 32.5 Å². The Balaban J connectivity index is 0.000000531. The Morgan fingerprint density at radius 2 is 1.79 bits per heavy atom. The average Bonchev–Trinajstić information content (AvgIpc) is 2.51. The number of fused-ring (bicyclic) bond motifs is 1. The molecule has 1 aromatic heterocycles. The molecule has 0 spiro atoms. The Morgan fingerprint density at radius 1 is 1.14 bits per heavy atom. The first-order chi connectivity index (χ1) is 6.27. The second-order valence-electron chi connectivity index (χ2n) is 2.77. The molecule has 0 fully saturated rings. The maximum absolute atomic E-state index is 5.08. The summed E-state index contributed by atoms with van der Waals surface area (Å²) in [5.41, 5.74) is 3.04. The van der Waals surface area contributed by atoms with Gasteiger partial charge in [0.15, 0.2) is 5.58 Å². The lowest BCUT2D eigenvalue weighted by Gasteiger charge is -1.89. The summed E-state index contributed by atoms with van der Waals surface area (Å²) in [5, 5.41) is 4.97. The van der Waals surface area contributed by atoms with Gasteiger partial charge in [0, 0.05) is 5.39 Å². The SMILES string of the molecule is C.CC.Cc1ccc2c(C)noc2c1. The van der Waals surface area contributed by atoms with E-state index in [1.54, 1.807) is 0 Å². The van der Waals surface area contributed by atoms with Gasteiger partial charge in [-0.05, 0) is 31.5 Å². The molecule has 0 N–H and O–H groups in total. The van der Waals surface area contributed by atoms with Crippen LogP contribution in [-0.2, 0) is 0 Å². The quantitative estimate of drug-likeness (QED) is 0.629. The number of hydrogen-bond donors (Lipinski definition) is 0. The highest BCUT2D eigenvalue weighted by Gasteiger charge is 2.01. The molecule has 0 aliphatic heterocycles. The summed E-state index contributed by atoms with van der Waals surface area (Å²) in [5.74, 6) is 0. The Morgan fingerprint density at radius 3 is 2.43 bits per heavy atom. The van der Waals surface area contributed by atoms with E-state index < -0.39 is 0 Å². The molecule has 14 heavy (non-hydrogen) atoms. The lowest BCUT2D eigenvalue weighted by molar-refractivity contribution is 0.450. The van der Waals surface area contributed by atoms with E-state index >= 15 is 0 Å². The van der Waals surface area contributed by atoms with Gasteiger partial charge in [0.1, 0.15) is 0 Å². The van der Waals surface area contributed by atoms with E-state index in [4.69, 9.17) is 4.52 Å². The van der Waals surface area contributed by atoms with Crippen LogP contribution in [0.3, 0.4) is 0 Å². The molecule has 1 aromatic carbocycles. The molecule has 0 atom stereocenters. The standard InChI is InChI=1S/C9H9NO.C2H6.CH4/c1-6-3-4-8-7(2)10-11-9(8)5-6;1-2;/h3-5H,1-2H3;1-2H3;1H4. The first-order valence-electron chi connectivity index (χ1n) is 4.60. The number of rotatable bonds is 0. The van der Waals surface area contributed by atoms with E-state index in [1.165, 1.54) is 5.56 Å². The zero-order valence-electron chi connectivity index (χ0n) is 8.59. The minimum Gasteiger partial charge on any atom is -0.356 e. The predicted molar refractivity (Wildman–Crippen MR) is 61.6 cm³/mol. The van der Waals surface area contributed by atoms with Gasteiger partial charge in [-0.3, -0.25) is 0 Å². The van der Waals surface area contributed by atoms with Crippen LogP contribution in [0.4, 0.5) is 0 Å². The van der Waals surface area contributed by atoms with E-state index in [2.05, 4.69) is 11.2 Å². The highest BCUT2D eigenvalue weighted by molar-refractivity contribution is 5.79. The Bertz CT molecular complexity index is 390. The second-order valence-corrected chi connectivity index (χ2v) is 2.77. The summed E-state index contributed by atoms with van der Waals surface area (Å²) >= 11 is 0. The zero-order chi connectivity index (χ0) is 9.84. The molecule has 0 amide bonds. The zero-order valence-corrected chi connectivity index (χ0v) is 8.59. The molecule has 0 saturated heterocycles. The van der Waals surface area contributed by atoms with Gasteiger partial charge in [-0.2, -0.15) is 0 Å². The van der Waals surface area contributed by atoms with Crippen molar-refractivity contribution in [3.05, 3.63) is 29.5 Å². The Hall–Kier alpha value is -1.31. The van der Waals surface area contributed by atoms with E-state index in [9.17, 15) is 0 Å².